The Morgan fingerprint density at radius 1 is 1.03 bits per heavy atom. The third kappa shape index (κ3) is 5.33. The summed E-state index contributed by atoms with van der Waals surface area (Å²) in [5, 5.41) is 1.09. The average Bonchev–Trinajstić information content (AvgIpc) is 3.42. The van der Waals surface area contributed by atoms with E-state index in [0.29, 0.717) is 38.5 Å². The van der Waals surface area contributed by atoms with Crippen LogP contribution in [0.4, 0.5) is 0 Å². The molecule has 0 bridgehead atoms. The van der Waals surface area contributed by atoms with Crippen LogP contribution in [0.15, 0.2) is 34.7 Å². The van der Waals surface area contributed by atoms with Gasteiger partial charge in [0.15, 0.2) is 0 Å². The molecule has 2 aliphatic heterocycles. The summed E-state index contributed by atoms with van der Waals surface area (Å²) in [6.07, 6.45) is 4.94. The number of hydrogen-bond acceptors (Lipinski definition) is 5. The third-order valence-corrected chi connectivity index (χ3v) is 6.75. The molecule has 2 aromatic rings. The van der Waals surface area contributed by atoms with Gasteiger partial charge in [-0.3, -0.25) is 14.5 Å². The second-order valence-electron chi connectivity index (χ2n) is 9.50. The maximum absolute atomic E-state index is 13.1. The van der Waals surface area contributed by atoms with Crippen LogP contribution >= 0.6 is 0 Å². The monoisotopic (exact) mass is 439 g/mol. The smallest absolute Gasteiger partial charge is 0.236 e. The van der Waals surface area contributed by atoms with Crippen LogP contribution in [0.5, 0.6) is 0 Å². The van der Waals surface area contributed by atoms with E-state index >= 15 is 0 Å². The highest BCUT2D eigenvalue weighted by Gasteiger charge is 2.31. The lowest BCUT2D eigenvalue weighted by molar-refractivity contribution is -0.132. The molecule has 0 N–H and O–H groups in total. The minimum Gasteiger partial charge on any atom is -0.460 e. The fourth-order valence-corrected chi connectivity index (χ4v) is 4.78. The van der Waals surface area contributed by atoms with E-state index in [9.17, 15) is 9.59 Å². The molecule has 1 atom stereocenters. The Kier molecular flexibility index (Phi) is 6.46. The summed E-state index contributed by atoms with van der Waals surface area (Å²) >= 11 is 0. The molecule has 172 valence electrons. The van der Waals surface area contributed by atoms with Gasteiger partial charge in [-0.05, 0) is 43.7 Å². The summed E-state index contributed by atoms with van der Waals surface area (Å²) in [5.74, 6) is 1.94. The number of carbonyl (C=O) groups excluding carboxylic acids is 2. The predicted molar refractivity (Wildman–Crippen MR) is 121 cm³/mol. The average molecular weight is 440 g/mol. The zero-order valence-electron chi connectivity index (χ0n) is 18.7. The highest BCUT2D eigenvalue weighted by Crippen LogP contribution is 2.29. The van der Waals surface area contributed by atoms with Gasteiger partial charge in [0, 0.05) is 51.1 Å². The highest BCUT2D eigenvalue weighted by molar-refractivity contribution is 5.79. The van der Waals surface area contributed by atoms with Crippen LogP contribution in [0.1, 0.15) is 37.9 Å². The predicted octanol–water partition coefficient (Wildman–Crippen LogP) is 2.88. The minimum absolute atomic E-state index is 0.000142. The second kappa shape index (κ2) is 9.63. The number of para-hydroxylation sites is 1. The maximum atomic E-state index is 13.1. The van der Waals surface area contributed by atoms with Crippen molar-refractivity contribution in [3.05, 3.63) is 36.1 Å². The van der Waals surface area contributed by atoms with Crippen molar-refractivity contribution < 1.29 is 18.7 Å². The largest absolute Gasteiger partial charge is 0.460 e. The Bertz CT molecular complexity index is 921. The Balaban J connectivity index is 1.22. The lowest BCUT2D eigenvalue weighted by atomic mass is 10.2. The van der Waals surface area contributed by atoms with Crippen molar-refractivity contribution in [2.24, 2.45) is 5.92 Å². The van der Waals surface area contributed by atoms with Gasteiger partial charge in [0.05, 0.1) is 19.2 Å². The quantitative estimate of drug-likeness (QED) is 0.601. The van der Waals surface area contributed by atoms with Crippen LogP contribution in [0.2, 0.25) is 0 Å². The van der Waals surface area contributed by atoms with Gasteiger partial charge in [-0.1, -0.05) is 18.2 Å². The molecule has 1 aromatic carbocycles. The van der Waals surface area contributed by atoms with E-state index in [1.165, 1.54) is 12.8 Å². The summed E-state index contributed by atoms with van der Waals surface area (Å²) in [7, 11) is 0. The van der Waals surface area contributed by atoms with E-state index in [0.717, 1.165) is 55.8 Å². The van der Waals surface area contributed by atoms with E-state index in [-0.39, 0.29) is 17.9 Å². The summed E-state index contributed by atoms with van der Waals surface area (Å²) in [6.45, 7) is 5.34. The molecule has 0 radical (unpaired) electrons. The maximum Gasteiger partial charge on any atom is 0.236 e. The number of fused-ring (bicyclic) bond motifs is 1. The van der Waals surface area contributed by atoms with E-state index in [2.05, 4.69) is 11.0 Å². The fourth-order valence-electron chi connectivity index (χ4n) is 4.78. The number of rotatable bonds is 9. The lowest BCUT2D eigenvalue weighted by Gasteiger charge is -2.25. The molecule has 5 rings (SSSR count). The second-order valence-corrected chi connectivity index (χ2v) is 9.50. The number of amides is 2. The summed E-state index contributed by atoms with van der Waals surface area (Å²) in [4.78, 5) is 31.0. The first-order valence-electron chi connectivity index (χ1n) is 12.0. The van der Waals surface area contributed by atoms with Crippen molar-refractivity contribution in [3.63, 3.8) is 0 Å². The Hall–Kier alpha value is -2.38. The van der Waals surface area contributed by atoms with E-state index in [1.54, 1.807) is 0 Å². The number of hydrogen-bond donors (Lipinski definition) is 0. The number of likely N-dealkylation sites (tertiary alicyclic amines) is 1. The Morgan fingerprint density at radius 3 is 2.66 bits per heavy atom. The van der Waals surface area contributed by atoms with Crippen molar-refractivity contribution in [2.75, 3.05) is 45.9 Å². The van der Waals surface area contributed by atoms with Crippen LogP contribution in [0.3, 0.4) is 0 Å². The highest BCUT2D eigenvalue weighted by atomic mass is 16.5. The molecular formula is C25H33N3O4. The van der Waals surface area contributed by atoms with Gasteiger partial charge in [0.25, 0.3) is 0 Å². The van der Waals surface area contributed by atoms with Gasteiger partial charge in [-0.2, -0.15) is 0 Å². The first-order valence-corrected chi connectivity index (χ1v) is 12.0. The molecule has 1 saturated carbocycles. The van der Waals surface area contributed by atoms with Crippen LogP contribution < -0.4 is 0 Å². The van der Waals surface area contributed by atoms with E-state index in [1.807, 2.05) is 34.1 Å². The van der Waals surface area contributed by atoms with Crippen molar-refractivity contribution in [3.8, 4) is 0 Å². The molecule has 2 amide bonds. The van der Waals surface area contributed by atoms with Gasteiger partial charge >= 0.3 is 0 Å². The molecule has 7 nitrogen and oxygen atoms in total. The summed E-state index contributed by atoms with van der Waals surface area (Å²) < 4.78 is 12.3. The number of furan rings is 1. The van der Waals surface area contributed by atoms with Gasteiger partial charge in [-0.25, -0.2) is 0 Å². The van der Waals surface area contributed by atoms with Crippen molar-refractivity contribution in [2.45, 2.75) is 44.8 Å². The Morgan fingerprint density at radius 2 is 1.88 bits per heavy atom. The van der Waals surface area contributed by atoms with Gasteiger partial charge in [-0.15, -0.1) is 0 Å². The molecular weight excluding hydrogens is 406 g/mol. The number of carbonyl (C=O) groups is 2. The van der Waals surface area contributed by atoms with Crippen LogP contribution in [-0.2, 0) is 20.9 Å². The summed E-state index contributed by atoms with van der Waals surface area (Å²) in [5.41, 5.74) is 0.878. The van der Waals surface area contributed by atoms with Crippen LogP contribution in [-0.4, -0.2) is 78.5 Å². The fraction of sp³-hybridized carbons (Fsp3) is 0.600. The van der Waals surface area contributed by atoms with Crippen molar-refractivity contribution >= 4 is 22.8 Å². The Labute approximate surface area is 189 Å². The molecule has 3 fully saturated rings. The number of benzene rings is 1. The molecule has 3 heterocycles. The molecule has 3 aliphatic rings. The molecule has 1 aliphatic carbocycles. The minimum atomic E-state index is -0.000142. The van der Waals surface area contributed by atoms with Crippen molar-refractivity contribution in [1.29, 1.82) is 0 Å². The first kappa shape index (κ1) is 21.5. The zero-order chi connectivity index (χ0) is 21.9. The molecule has 7 heteroatoms. The standard InChI is InChI=1S/C25H33N3O4/c29-24-7-3-10-27(24)11-4-12-28-16-22(31-18-19-8-9-19)15-26(17-25(28)30)14-21-13-20-5-1-2-6-23(20)32-21/h1-2,5-6,13,19,22H,3-4,7-12,14-18H2. The topological polar surface area (TPSA) is 66.2 Å². The van der Waals surface area contributed by atoms with Gasteiger partial charge in [0.1, 0.15) is 11.3 Å². The van der Waals surface area contributed by atoms with Crippen LogP contribution in [0.25, 0.3) is 11.0 Å². The molecule has 32 heavy (non-hydrogen) atoms. The first-order chi connectivity index (χ1) is 15.6. The molecule has 1 aromatic heterocycles. The number of nitrogens with zero attached hydrogens (tertiary/aromatic N) is 3. The zero-order valence-corrected chi connectivity index (χ0v) is 18.7. The molecule has 2 saturated heterocycles. The lowest BCUT2D eigenvalue weighted by Crippen LogP contribution is -2.40. The molecule has 1 unspecified atom stereocenters. The van der Waals surface area contributed by atoms with Crippen LogP contribution in [0, 0.1) is 5.92 Å². The third-order valence-electron chi connectivity index (χ3n) is 6.75. The van der Waals surface area contributed by atoms with Gasteiger partial charge in [0.2, 0.25) is 11.8 Å². The number of ether oxygens (including phenoxy) is 1. The van der Waals surface area contributed by atoms with E-state index < -0.39 is 0 Å². The SMILES string of the molecule is O=C1CCCN1CCCN1CC(OCC2CC2)CN(Cc2cc3ccccc3o2)CC1=O. The molecule has 0 spiro atoms. The van der Waals surface area contributed by atoms with E-state index in [4.69, 9.17) is 9.15 Å². The summed E-state index contributed by atoms with van der Waals surface area (Å²) in [6, 6.07) is 10.1. The van der Waals surface area contributed by atoms with Gasteiger partial charge < -0.3 is 19.0 Å². The normalized spacial score (nSPS) is 22.8. The van der Waals surface area contributed by atoms with Crippen molar-refractivity contribution in [1.82, 2.24) is 14.7 Å².